The number of benzene rings is 2. The van der Waals surface area contributed by atoms with Crippen molar-refractivity contribution in [3.05, 3.63) is 72.3 Å². The molecule has 64 heavy (non-hydrogen) atoms. The van der Waals surface area contributed by atoms with E-state index in [0.29, 0.717) is 60.2 Å². The second-order valence-electron chi connectivity index (χ2n) is 19.8. The third kappa shape index (κ3) is 8.71. The number of para-hydroxylation sites is 1. The van der Waals surface area contributed by atoms with Crippen LogP contribution in [0.1, 0.15) is 117 Å². The van der Waals surface area contributed by atoms with E-state index in [4.69, 9.17) is 18.9 Å². The van der Waals surface area contributed by atoms with Gasteiger partial charge in [-0.15, -0.1) is 0 Å². The predicted octanol–water partition coefficient (Wildman–Crippen LogP) is 7.72. The minimum Gasteiger partial charge on any atom is -0.484 e. The van der Waals surface area contributed by atoms with E-state index in [2.05, 4.69) is 48.3 Å². The Labute approximate surface area is 374 Å². The molecule has 5 aliphatic rings. The summed E-state index contributed by atoms with van der Waals surface area (Å²) in [7, 11) is -4.01. The molecule has 2 aromatic heterocycles. The van der Waals surface area contributed by atoms with Crippen LogP contribution in [-0.4, -0.2) is 83.2 Å². The maximum absolute atomic E-state index is 14.9. The van der Waals surface area contributed by atoms with Gasteiger partial charge in [0.05, 0.1) is 17.0 Å². The summed E-state index contributed by atoms with van der Waals surface area (Å²) in [5.41, 5.74) is 2.74. The lowest BCUT2D eigenvalue weighted by Gasteiger charge is -2.30. The average molecular weight is 894 g/mol. The van der Waals surface area contributed by atoms with Gasteiger partial charge in [0, 0.05) is 29.4 Å². The van der Waals surface area contributed by atoms with Gasteiger partial charge in [-0.25, -0.2) is 18.2 Å². The number of alkyl carbamates (subject to hydrolysis) is 1. The predicted molar refractivity (Wildman–Crippen MR) is 242 cm³/mol. The highest BCUT2D eigenvalue weighted by molar-refractivity contribution is 7.91. The first-order valence-corrected chi connectivity index (χ1v) is 24.4. The van der Waals surface area contributed by atoms with Crippen LogP contribution in [0.2, 0.25) is 0 Å². The molecule has 0 unspecified atom stereocenters. The van der Waals surface area contributed by atoms with Crippen molar-refractivity contribution in [2.45, 2.75) is 151 Å². The molecule has 4 aromatic rings. The summed E-state index contributed by atoms with van der Waals surface area (Å²) in [6.07, 6.45) is 10.00. The van der Waals surface area contributed by atoms with Crippen LogP contribution in [0.25, 0.3) is 33.3 Å². The van der Waals surface area contributed by atoms with E-state index in [1.807, 2.05) is 54.6 Å². The van der Waals surface area contributed by atoms with E-state index in [1.165, 1.54) is 10.5 Å². The number of amides is 4. The SMILES string of the molecule is CC(C)(C)c1ccc(-c2cc(O[C@@H]3C[C@H]4C(=O)N[C@]5(C(=O)NS(=O)(=O)C6(C)CC6)C[C@H]5/C=C\CCCCC[C@H](NC(=O)OC5CCCC5)C(=O)N4C3)c3oc4ccccc4c3n2)cc1. The van der Waals surface area contributed by atoms with Crippen LogP contribution < -0.4 is 20.1 Å². The van der Waals surface area contributed by atoms with Gasteiger partial charge in [0.1, 0.15) is 40.9 Å². The fourth-order valence-corrected chi connectivity index (χ4v) is 10.8. The highest BCUT2D eigenvalue weighted by atomic mass is 32.2. The number of pyridine rings is 1. The van der Waals surface area contributed by atoms with E-state index >= 15 is 0 Å². The standard InChI is InChI=1S/C49H59N5O9S/c1-47(2,3)31-22-20-30(21-23-31)37-27-40(42-41(50-37)35-17-12-13-19-39(35)63-42)61-34-26-38-43(55)52-49(45(57)53-64(59,60)48(4)24-25-48)28-32(49)14-8-6-5-7-9-18-36(44(56)54(38)29-34)51-46(58)62-33-15-10-11-16-33/h8,12-14,17,19-23,27,32-34,36,38H,5-7,9-11,15-16,18,24-26,28-29H2,1-4H3,(H,51,58)(H,52,55)(H,53,57)/b14-8-/t32-,34-,36+,38+,49-/m1/s1. The van der Waals surface area contributed by atoms with E-state index in [1.54, 1.807) is 6.92 Å². The lowest BCUT2D eigenvalue weighted by molar-refractivity contribution is -0.141. The first kappa shape index (κ1) is 43.8. The number of carbonyl (C=O) groups excluding carboxylic acids is 4. The molecular formula is C49H59N5O9S. The summed E-state index contributed by atoms with van der Waals surface area (Å²) >= 11 is 0. The summed E-state index contributed by atoms with van der Waals surface area (Å²) in [4.78, 5) is 63.5. The molecule has 0 bridgehead atoms. The van der Waals surface area contributed by atoms with Crippen molar-refractivity contribution >= 4 is 55.9 Å². The molecule has 3 N–H and O–H groups in total. The van der Waals surface area contributed by atoms with Gasteiger partial charge in [-0.2, -0.15) is 0 Å². The Hall–Kier alpha value is -5.44. The number of fused-ring (bicyclic) bond motifs is 5. The first-order chi connectivity index (χ1) is 30.5. The topological polar surface area (TPSA) is 186 Å². The van der Waals surface area contributed by atoms with E-state index < -0.39 is 68.2 Å². The highest BCUT2D eigenvalue weighted by Gasteiger charge is 2.63. The number of ether oxygens (including phenoxy) is 2. The Morgan fingerprint density at radius 1 is 0.953 bits per heavy atom. The van der Waals surface area contributed by atoms with E-state index in [9.17, 15) is 27.6 Å². The number of allylic oxidation sites excluding steroid dienone is 1. The van der Waals surface area contributed by atoms with Gasteiger partial charge in [-0.3, -0.25) is 19.1 Å². The second-order valence-corrected chi connectivity index (χ2v) is 22.0. The number of furan rings is 1. The molecule has 4 heterocycles. The van der Waals surface area contributed by atoms with Gasteiger partial charge in [0.25, 0.3) is 5.91 Å². The molecule has 340 valence electrons. The molecule has 3 saturated carbocycles. The molecule has 2 aromatic carbocycles. The van der Waals surface area contributed by atoms with Crippen LogP contribution in [0.15, 0.2) is 71.2 Å². The van der Waals surface area contributed by atoms with Gasteiger partial charge in [-0.1, -0.05) is 82.2 Å². The minimum atomic E-state index is -4.01. The quantitative estimate of drug-likeness (QED) is 0.148. The average Bonchev–Trinajstić information content (AvgIpc) is 3.92. The molecule has 2 aliphatic heterocycles. The van der Waals surface area contributed by atoms with Crippen molar-refractivity contribution in [2.75, 3.05) is 6.54 Å². The Kier molecular flexibility index (Phi) is 11.5. The highest BCUT2D eigenvalue weighted by Crippen LogP contribution is 2.48. The molecule has 3 aliphatic carbocycles. The summed E-state index contributed by atoms with van der Waals surface area (Å²) in [6.45, 7) is 8.05. The fraction of sp³-hybridized carbons (Fsp3) is 0.531. The van der Waals surface area contributed by atoms with Crippen molar-refractivity contribution in [3.8, 4) is 17.0 Å². The molecule has 0 spiro atoms. The zero-order chi connectivity index (χ0) is 45.0. The van der Waals surface area contributed by atoms with Crippen LogP contribution in [0.5, 0.6) is 5.75 Å². The molecule has 5 atom stereocenters. The zero-order valence-corrected chi connectivity index (χ0v) is 37.9. The lowest BCUT2D eigenvalue weighted by atomic mass is 9.86. The second kappa shape index (κ2) is 16.8. The van der Waals surface area contributed by atoms with E-state index in [0.717, 1.165) is 49.5 Å². The van der Waals surface area contributed by atoms with Crippen LogP contribution >= 0.6 is 0 Å². The Morgan fingerprint density at radius 3 is 2.42 bits per heavy atom. The largest absolute Gasteiger partial charge is 0.484 e. The van der Waals surface area contributed by atoms with Gasteiger partial charge in [0.2, 0.25) is 21.8 Å². The molecule has 1 saturated heterocycles. The van der Waals surface area contributed by atoms with Crippen molar-refractivity contribution in [1.82, 2.24) is 25.2 Å². The van der Waals surface area contributed by atoms with Crippen LogP contribution in [0, 0.1) is 5.92 Å². The monoisotopic (exact) mass is 893 g/mol. The van der Waals surface area contributed by atoms with Crippen LogP contribution in [0.3, 0.4) is 0 Å². The van der Waals surface area contributed by atoms with Crippen LogP contribution in [0.4, 0.5) is 4.79 Å². The molecule has 4 amide bonds. The molecular weight excluding hydrogens is 835 g/mol. The number of nitrogens with zero attached hydrogens (tertiary/aromatic N) is 2. The minimum absolute atomic E-state index is 0.0261. The summed E-state index contributed by atoms with van der Waals surface area (Å²) in [5.74, 6) is -1.95. The number of sulfonamides is 1. The van der Waals surface area contributed by atoms with Crippen molar-refractivity contribution < 1.29 is 41.5 Å². The molecule has 9 rings (SSSR count). The lowest BCUT2D eigenvalue weighted by Crippen LogP contribution is -2.58. The summed E-state index contributed by atoms with van der Waals surface area (Å²) in [6, 6.07) is 15.5. The van der Waals surface area contributed by atoms with Crippen molar-refractivity contribution in [1.29, 1.82) is 0 Å². The van der Waals surface area contributed by atoms with Gasteiger partial charge >= 0.3 is 6.09 Å². The molecule has 15 heteroatoms. The summed E-state index contributed by atoms with van der Waals surface area (Å²) < 4.78 is 46.8. The Morgan fingerprint density at radius 2 is 1.69 bits per heavy atom. The zero-order valence-electron chi connectivity index (χ0n) is 37.1. The van der Waals surface area contributed by atoms with Crippen molar-refractivity contribution in [2.24, 2.45) is 5.92 Å². The molecule has 4 fully saturated rings. The number of nitrogens with one attached hydrogen (secondary N) is 3. The molecule has 14 nitrogen and oxygen atoms in total. The third-order valence-electron chi connectivity index (χ3n) is 14.0. The van der Waals surface area contributed by atoms with Crippen molar-refractivity contribution in [3.63, 3.8) is 0 Å². The third-order valence-corrected chi connectivity index (χ3v) is 16.1. The maximum Gasteiger partial charge on any atom is 0.408 e. The smallest absolute Gasteiger partial charge is 0.408 e. The van der Waals surface area contributed by atoms with Crippen LogP contribution in [-0.2, 0) is 34.6 Å². The van der Waals surface area contributed by atoms with Gasteiger partial charge in [-0.05, 0) is 94.2 Å². The van der Waals surface area contributed by atoms with Gasteiger partial charge < -0.3 is 29.4 Å². The maximum atomic E-state index is 14.9. The van der Waals surface area contributed by atoms with E-state index in [-0.39, 0.29) is 30.9 Å². The normalized spacial score (nSPS) is 26.8. The summed E-state index contributed by atoms with van der Waals surface area (Å²) in [5, 5.41) is 6.60. The Bertz CT molecular complexity index is 2610. The number of aromatic nitrogens is 1. The number of rotatable bonds is 8. The Balaban J connectivity index is 1.06. The van der Waals surface area contributed by atoms with Gasteiger partial charge in [0.15, 0.2) is 11.3 Å². The fourth-order valence-electron chi connectivity index (χ4n) is 9.49. The first-order valence-electron chi connectivity index (χ1n) is 23.0. The number of hydrogen-bond acceptors (Lipinski definition) is 10. The molecule has 0 radical (unpaired) electrons. The number of hydrogen-bond donors (Lipinski definition) is 3. The number of carbonyl (C=O) groups is 4.